The molecule has 1 aliphatic rings. The highest BCUT2D eigenvalue weighted by Gasteiger charge is 2.24. The van der Waals surface area contributed by atoms with Crippen LogP contribution in [-0.4, -0.2) is 35.8 Å². The standard InChI is InChI=1S/C17H22ClNO5/c1-2-14(24-12-5-3-4-6-12)17(22)19-11-7-8-15(13(18)9-11)23-10-16(20)21/h7-9,12,14H,2-6,10H2,1H3,(H,19,22)(H,20,21). The average Bonchev–Trinajstić information content (AvgIpc) is 3.04. The van der Waals surface area contributed by atoms with Crippen LogP contribution in [0.15, 0.2) is 18.2 Å². The number of anilines is 1. The minimum atomic E-state index is -1.08. The van der Waals surface area contributed by atoms with Gasteiger partial charge in [0.25, 0.3) is 5.91 Å². The Bertz CT molecular complexity index is 586. The van der Waals surface area contributed by atoms with Crippen LogP contribution in [0, 0.1) is 0 Å². The first-order valence-corrected chi connectivity index (χ1v) is 8.48. The molecular formula is C17H22ClNO5. The zero-order valence-corrected chi connectivity index (χ0v) is 14.3. The highest BCUT2D eigenvalue weighted by Crippen LogP contribution is 2.28. The summed E-state index contributed by atoms with van der Waals surface area (Å²) in [6.07, 6.45) is 4.57. The third kappa shape index (κ3) is 5.39. The molecule has 0 heterocycles. The molecule has 7 heteroatoms. The number of amides is 1. The van der Waals surface area contributed by atoms with Gasteiger partial charge in [-0.15, -0.1) is 0 Å². The highest BCUT2D eigenvalue weighted by atomic mass is 35.5. The van der Waals surface area contributed by atoms with E-state index in [1.807, 2.05) is 6.92 Å². The maximum absolute atomic E-state index is 12.4. The van der Waals surface area contributed by atoms with Gasteiger partial charge in [0.1, 0.15) is 11.9 Å². The van der Waals surface area contributed by atoms with Crippen LogP contribution >= 0.6 is 11.6 Å². The minimum Gasteiger partial charge on any atom is -0.480 e. The highest BCUT2D eigenvalue weighted by molar-refractivity contribution is 6.32. The molecule has 0 aromatic heterocycles. The Hall–Kier alpha value is -1.79. The van der Waals surface area contributed by atoms with Gasteiger partial charge >= 0.3 is 5.97 Å². The number of hydrogen-bond donors (Lipinski definition) is 2. The minimum absolute atomic E-state index is 0.163. The number of nitrogens with one attached hydrogen (secondary N) is 1. The Balaban J connectivity index is 1.94. The van der Waals surface area contributed by atoms with Crippen molar-refractivity contribution in [2.24, 2.45) is 0 Å². The Morgan fingerprint density at radius 1 is 1.38 bits per heavy atom. The molecule has 1 aliphatic carbocycles. The molecule has 0 spiro atoms. The fourth-order valence-electron chi connectivity index (χ4n) is 2.66. The van der Waals surface area contributed by atoms with E-state index in [2.05, 4.69) is 5.32 Å². The monoisotopic (exact) mass is 355 g/mol. The maximum Gasteiger partial charge on any atom is 0.341 e. The van der Waals surface area contributed by atoms with Crippen molar-refractivity contribution in [2.75, 3.05) is 11.9 Å². The molecule has 1 saturated carbocycles. The molecule has 1 aromatic carbocycles. The van der Waals surface area contributed by atoms with E-state index in [-0.39, 0.29) is 22.8 Å². The van der Waals surface area contributed by atoms with Crippen LogP contribution in [0.25, 0.3) is 0 Å². The van der Waals surface area contributed by atoms with Crippen molar-refractivity contribution in [1.29, 1.82) is 0 Å². The van der Waals surface area contributed by atoms with Crippen LogP contribution < -0.4 is 10.1 Å². The third-order valence-corrected chi connectivity index (χ3v) is 4.17. The van der Waals surface area contributed by atoms with Gasteiger partial charge < -0.3 is 19.9 Å². The van der Waals surface area contributed by atoms with Crippen molar-refractivity contribution in [3.05, 3.63) is 23.2 Å². The van der Waals surface area contributed by atoms with Crippen molar-refractivity contribution in [3.8, 4) is 5.75 Å². The summed E-state index contributed by atoms with van der Waals surface area (Å²) in [6.45, 7) is 1.44. The lowest BCUT2D eigenvalue weighted by atomic mass is 10.2. The molecule has 2 rings (SSSR count). The molecular weight excluding hydrogens is 334 g/mol. The lowest BCUT2D eigenvalue weighted by molar-refractivity contribution is -0.139. The van der Waals surface area contributed by atoms with E-state index >= 15 is 0 Å². The van der Waals surface area contributed by atoms with Crippen LogP contribution in [-0.2, 0) is 14.3 Å². The van der Waals surface area contributed by atoms with Gasteiger partial charge in [0, 0.05) is 5.69 Å². The molecule has 0 saturated heterocycles. The summed E-state index contributed by atoms with van der Waals surface area (Å²) in [6, 6.07) is 4.67. The van der Waals surface area contributed by atoms with E-state index in [1.165, 1.54) is 12.1 Å². The third-order valence-electron chi connectivity index (χ3n) is 3.87. The second kappa shape index (κ2) is 8.89. The second-order valence-corrected chi connectivity index (χ2v) is 6.16. The Labute approximate surface area is 146 Å². The van der Waals surface area contributed by atoms with Crippen LogP contribution in [0.2, 0.25) is 5.02 Å². The summed E-state index contributed by atoms with van der Waals surface area (Å²) in [5.41, 5.74) is 0.515. The summed E-state index contributed by atoms with van der Waals surface area (Å²) >= 11 is 6.05. The van der Waals surface area contributed by atoms with E-state index < -0.39 is 18.7 Å². The van der Waals surface area contributed by atoms with Crippen molar-refractivity contribution in [2.45, 2.75) is 51.2 Å². The van der Waals surface area contributed by atoms with E-state index in [4.69, 9.17) is 26.2 Å². The topological polar surface area (TPSA) is 84.9 Å². The summed E-state index contributed by atoms with van der Waals surface area (Å²) in [5.74, 6) is -1.04. The molecule has 2 N–H and O–H groups in total. The molecule has 0 bridgehead atoms. The molecule has 132 valence electrons. The number of hydrogen-bond acceptors (Lipinski definition) is 4. The van der Waals surface area contributed by atoms with Gasteiger partial charge in [-0.05, 0) is 37.5 Å². The summed E-state index contributed by atoms with van der Waals surface area (Å²) < 4.78 is 10.9. The lowest BCUT2D eigenvalue weighted by Crippen LogP contribution is -2.32. The first kappa shape index (κ1) is 18.5. The summed E-state index contributed by atoms with van der Waals surface area (Å²) in [4.78, 5) is 22.9. The zero-order valence-electron chi connectivity index (χ0n) is 13.6. The lowest BCUT2D eigenvalue weighted by Gasteiger charge is -2.20. The number of carboxylic acids is 1. The average molecular weight is 356 g/mol. The largest absolute Gasteiger partial charge is 0.480 e. The van der Waals surface area contributed by atoms with Gasteiger partial charge in [-0.3, -0.25) is 4.79 Å². The van der Waals surface area contributed by atoms with Crippen molar-refractivity contribution in [3.63, 3.8) is 0 Å². The normalized spacial score (nSPS) is 15.9. The number of carboxylic acid groups (broad SMARTS) is 1. The zero-order chi connectivity index (χ0) is 17.5. The quantitative estimate of drug-likeness (QED) is 0.745. The Morgan fingerprint density at radius 3 is 2.67 bits per heavy atom. The van der Waals surface area contributed by atoms with Gasteiger partial charge in [0.2, 0.25) is 0 Å². The second-order valence-electron chi connectivity index (χ2n) is 5.76. The molecule has 0 aliphatic heterocycles. The van der Waals surface area contributed by atoms with Crippen LogP contribution in [0.1, 0.15) is 39.0 Å². The van der Waals surface area contributed by atoms with Gasteiger partial charge in [0.05, 0.1) is 11.1 Å². The smallest absolute Gasteiger partial charge is 0.341 e. The molecule has 1 fully saturated rings. The van der Waals surface area contributed by atoms with E-state index in [1.54, 1.807) is 6.07 Å². The molecule has 1 amide bonds. The first-order valence-electron chi connectivity index (χ1n) is 8.10. The predicted octanol–water partition coefficient (Wildman–Crippen LogP) is 3.48. The SMILES string of the molecule is CCC(OC1CCCC1)C(=O)Nc1ccc(OCC(=O)O)c(Cl)c1. The van der Waals surface area contributed by atoms with Gasteiger partial charge in [-0.2, -0.15) is 0 Å². The Kier molecular flexibility index (Phi) is 6.87. The number of ether oxygens (including phenoxy) is 2. The molecule has 6 nitrogen and oxygen atoms in total. The predicted molar refractivity (Wildman–Crippen MR) is 90.6 cm³/mol. The molecule has 0 radical (unpaired) electrons. The molecule has 1 aromatic rings. The van der Waals surface area contributed by atoms with Gasteiger partial charge in [0.15, 0.2) is 6.61 Å². The number of carbonyl (C=O) groups excluding carboxylic acids is 1. The van der Waals surface area contributed by atoms with Crippen molar-refractivity contribution >= 4 is 29.2 Å². The summed E-state index contributed by atoms with van der Waals surface area (Å²) in [5, 5.41) is 11.6. The van der Waals surface area contributed by atoms with E-state index in [0.717, 1.165) is 25.7 Å². The van der Waals surface area contributed by atoms with Crippen LogP contribution in [0.4, 0.5) is 5.69 Å². The van der Waals surface area contributed by atoms with E-state index in [0.29, 0.717) is 12.1 Å². The number of aliphatic carboxylic acids is 1. The number of rotatable bonds is 8. The molecule has 1 unspecified atom stereocenters. The van der Waals surface area contributed by atoms with Crippen molar-refractivity contribution in [1.82, 2.24) is 0 Å². The maximum atomic E-state index is 12.4. The molecule has 1 atom stereocenters. The molecule has 24 heavy (non-hydrogen) atoms. The van der Waals surface area contributed by atoms with Gasteiger partial charge in [-0.1, -0.05) is 31.4 Å². The summed E-state index contributed by atoms with van der Waals surface area (Å²) in [7, 11) is 0. The Morgan fingerprint density at radius 2 is 2.08 bits per heavy atom. The van der Waals surface area contributed by atoms with Gasteiger partial charge in [-0.25, -0.2) is 4.79 Å². The number of halogens is 1. The first-order chi connectivity index (χ1) is 11.5. The fourth-order valence-corrected chi connectivity index (χ4v) is 2.89. The van der Waals surface area contributed by atoms with Crippen molar-refractivity contribution < 1.29 is 24.2 Å². The van der Waals surface area contributed by atoms with E-state index in [9.17, 15) is 9.59 Å². The number of benzene rings is 1. The fraction of sp³-hybridized carbons (Fsp3) is 0.529. The van der Waals surface area contributed by atoms with Crippen LogP contribution in [0.3, 0.4) is 0 Å². The van der Waals surface area contributed by atoms with Crippen LogP contribution in [0.5, 0.6) is 5.75 Å². The number of carbonyl (C=O) groups is 2.